The van der Waals surface area contributed by atoms with E-state index in [4.69, 9.17) is 4.74 Å². The number of hydrogen-bond donors (Lipinski definition) is 0. The first-order valence-corrected chi connectivity index (χ1v) is 14.3. The first kappa shape index (κ1) is 26.7. The number of nitrogens with zero attached hydrogens (tertiary/aromatic N) is 9. The van der Waals surface area contributed by atoms with E-state index in [-0.39, 0.29) is 29.4 Å². The topological polar surface area (TPSA) is 124 Å². The summed E-state index contributed by atoms with van der Waals surface area (Å²) in [7, 11) is 1.31. The van der Waals surface area contributed by atoms with Gasteiger partial charge < -0.3 is 14.5 Å². The van der Waals surface area contributed by atoms with Crippen LogP contribution in [0.3, 0.4) is 0 Å². The lowest BCUT2D eigenvalue weighted by molar-refractivity contribution is 0.0593. The maximum absolute atomic E-state index is 13.6. The SMILES string of the molecule is COC(=O)c1cc(-n2nnc3c2CCN(C(=O)c2nc4c(C)cc(N5CC[C@](C)(c6ccccc6)C5)cn4n2)C3)ccn1. The first-order chi connectivity index (χ1) is 20.8. The Morgan fingerprint density at radius 3 is 2.70 bits per heavy atom. The molecule has 0 saturated carbocycles. The molecule has 1 atom stereocenters. The molecule has 6 heterocycles. The van der Waals surface area contributed by atoms with Crippen LogP contribution in [0.4, 0.5) is 5.69 Å². The van der Waals surface area contributed by atoms with E-state index in [0.29, 0.717) is 30.0 Å². The third-order valence-corrected chi connectivity index (χ3v) is 8.58. The molecule has 43 heavy (non-hydrogen) atoms. The van der Waals surface area contributed by atoms with Gasteiger partial charge in [-0.25, -0.2) is 24.0 Å². The van der Waals surface area contributed by atoms with Crippen molar-refractivity contribution in [3.05, 3.63) is 95.0 Å². The molecule has 1 aromatic carbocycles. The Morgan fingerprint density at radius 1 is 1.05 bits per heavy atom. The number of fused-ring (bicyclic) bond motifs is 2. The number of aryl methyl sites for hydroxylation is 1. The summed E-state index contributed by atoms with van der Waals surface area (Å²) in [5.74, 6) is -0.621. The molecule has 1 amide bonds. The molecule has 0 aliphatic carbocycles. The molecule has 0 bridgehead atoms. The predicted molar refractivity (Wildman–Crippen MR) is 157 cm³/mol. The van der Waals surface area contributed by atoms with Crippen LogP contribution in [0.5, 0.6) is 0 Å². The Kier molecular flexibility index (Phi) is 6.41. The minimum Gasteiger partial charge on any atom is -0.464 e. The van der Waals surface area contributed by atoms with E-state index < -0.39 is 5.97 Å². The Labute approximate surface area is 247 Å². The zero-order valence-electron chi connectivity index (χ0n) is 24.3. The number of carbonyl (C=O) groups excluding carboxylic acids is 2. The van der Waals surface area contributed by atoms with Crippen LogP contribution in [0.25, 0.3) is 11.3 Å². The minimum atomic E-state index is -0.527. The molecule has 12 heteroatoms. The molecule has 0 unspecified atom stereocenters. The Hall–Kier alpha value is -5.13. The van der Waals surface area contributed by atoms with Crippen molar-refractivity contribution in [2.24, 2.45) is 0 Å². The summed E-state index contributed by atoms with van der Waals surface area (Å²) < 4.78 is 8.19. The van der Waals surface area contributed by atoms with E-state index in [1.165, 1.54) is 18.9 Å². The van der Waals surface area contributed by atoms with Crippen molar-refractivity contribution in [2.75, 3.05) is 31.6 Å². The maximum Gasteiger partial charge on any atom is 0.356 e. The van der Waals surface area contributed by atoms with Crippen molar-refractivity contribution >= 4 is 23.2 Å². The highest BCUT2D eigenvalue weighted by molar-refractivity contribution is 5.91. The number of anilines is 1. The summed E-state index contributed by atoms with van der Waals surface area (Å²) in [6.07, 6.45) is 5.10. The van der Waals surface area contributed by atoms with Crippen LogP contribution in [0.2, 0.25) is 0 Å². The smallest absolute Gasteiger partial charge is 0.356 e. The average Bonchev–Trinajstić information content (AvgIpc) is 3.78. The summed E-state index contributed by atoms with van der Waals surface area (Å²) in [5, 5.41) is 13.2. The number of pyridine rings is 2. The minimum absolute atomic E-state index is 0.0730. The molecule has 4 aromatic heterocycles. The largest absolute Gasteiger partial charge is 0.464 e. The molecule has 2 aliphatic heterocycles. The van der Waals surface area contributed by atoms with Crippen LogP contribution in [0, 0.1) is 6.92 Å². The fourth-order valence-corrected chi connectivity index (χ4v) is 6.15. The van der Waals surface area contributed by atoms with Gasteiger partial charge in [-0.3, -0.25) is 4.79 Å². The van der Waals surface area contributed by atoms with Crippen LogP contribution in [-0.4, -0.2) is 78.1 Å². The van der Waals surface area contributed by atoms with E-state index in [9.17, 15) is 9.59 Å². The van der Waals surface area contributed by atoms with E-state index >= 15 is 0 Å². The molecule has 12 nitrogen and oxygen atoms in total. The van der Waals surface area contributed by atoms with Gasteiger partial charge in [0, 0.05) is 37.7 Å². The van der Waals surface area contributed by atoms with Crippen LogP contribution < -0.4 is 4.90 Å². The lowest BCUT2D eigenvalue weighted by atomic mass is 9.82. The number of ether oxygens (including phenoxy) is 1. The van der Waals surface area contributed by atoms with Gasteiger partial charge in [-0.15, -0.1) is 10.2 Å². The summed E-state index contributed by atoms with van der Waals surface area (Å²) >= 11 is 0. The number of rotatable bonds is 5. The number of esters is 1. The summed E-state index contributed by atoms with van der Waals surface area (Å²) in [6.45, 7) is 6.91. The number of aromatic nitrogens is 7. The van der Waals surface area contributed by atoms with E-state index in [1.807, 2.05) is 13.1 Å². The van der Waals surface area contributed by atoms with Crippen molar-refractivity contribution in [1.82, 2.24) is 39.5 Å². The lowest BCUT2D eigenvalue weighted by Crippen LogP contribution is -2.37. The van der Waals surface area contributed by atoms with Gasteiger partial charge in [0.05, 0.1) is 36.9 Å². The van der Waals surface area contributed by atoms with Gasteiger partial charge in [0.25, 0.3) is 5.91 Å². The second-order valence-electron chi connectivity index (χ2n) is 11.4. The number of benzene rings is 1. The molecule has 5 aromatic rings. The van der Waals surface area contributed by atoms with Crippen molar-refractivity contribution in [3.63, 3.8) is 0 Å². The second-order valence-corrected chi connectivity index (χ2v) is 11.4. The summed E-state index contributed by atoms with van der Waals surface area (Å²) in [5.41, 5.74) is 6.52. The molecule has 0 radical (unpaired) electrons. The fourth-order valence-electron chi connectivity index (χ4n) is 6.15. The number of methoxy groups -OCH3 is 1. The average molecular weight is 578 g/mol. The molecule has 1 fully saturated rings. The monoisotopic (exact) mass is 577 g/mol. The predicted octanol–water partition coefficient (Wildman–Crippen LogP) is 3.17. The fraction of sp³-hybridized carbons (Fsp3) is 0.323. The van der Waals surface area contributed by atoms with Crippen molar-refractivity contribution in [2.45, 2.75) is 38.6 Å². The molecular weight excluding hydrogens is 546 g/mol. The molecule has 0 N–H and O–H groups in total. The van der Waals surface area contributed by atoms with Gasteiger partial charge in [0.1, 0.15) is 11.4 Å². The van der Waals surface area contributed by atoms with Gasteiger partial charge in [0.15, 0.2) is 5.65 Å². The lowest BCUT2D eigenvalue weighted by Gasteiger charge is -2.26. The summed E-state index contributed by atoms with van der Waals surface area (Å²) in [4.78, 5) is 38.3. The molecule has 0 spiro atoms. The normalized spacial score (nSPS) is 18.2. The molecular formula is C31H31N9O3. The Morgan fingerprint density at radius 2 is 1.88 bits per heavy atom. The third kappa shape index (κ3) is 4.68. The zero-order valence-corrected chi connectivity index (χ0v) is 24.3. The van der Waals surface area contributed by atoms with Gasteiger partial charge in [-0.2, -0.15) is 0 Å². The molecule has 2 aliphatic rings. The van der Waals surface area contributed by atoms with Gasteiger partial charge in [-0.05, 0) is 42.7 Å². The first-order valence-electron chi connectivity index (χ1n) is 14.3. The van der Waals surface area contributed by atoms with E-state index in [1.54, 1.807) is 26.2 Å². The highest BCUT2D eigenvalue weighted by Crippen LogP contribution is 2.36. The van der Waals surface area contributed by atoms with Crippen molar-refractivity contribution in [1.29, 1.82) is 0 Å². The second kappa shape index (κ2) is 10.3. The number of amides is 1. The van der Waals surface area contributed by atoms with E-state index in [2.05, 4.69) is 73.6 Å². The third-order valence-electron chi connectivity index (χ3n) is 8.58. The van der Waals surface area contributed by atoms with Crippen LogP contribution in [-0.2, 0) is 23.1 Å². The standard InChI is InChI=1S/C31H31N9O3/c1-20-15-23(38-14-11-31(2,19-38)21-7-5-4-6-8-21)17-39-28(20)33-27(35-39)29(41)37-13-10-26-25(18-37)34-36-40(26)22-9-12-32-24(16-22)30(42)43-3/h4-9,12,15-17H,10-11,13-14,18-19H2,1-3H3/t31-/m0/s1. The van der Waals surface area contributed by atoms with Crippen LogP contribution >= 0.6 is 0 Å². The van der Waals surface area contributed by atoms with Crippen molar-refractivity contribution < 1.29 is 14.3 Å². The Bertz CT molecular complexity index is 1870. The molecule has 7 rings (SSSR count). The number of hydrogen-bond acceptors (Lipinski definition) is 9. The van der Waals surface area contributed by atoms with Gasteiger partial charge in [-0.1, -0.05) is 42.5 Å². The van der Waals surface area contributed by atoms with Crippen LogP contribution in [0.1, 0.15) is 57.0 Å². The van der Waals surface area contributed by atoms with Gasteiger partial charge >= 0.3 is 5.97 Å². The summed E-state index contributed by atoms with van der Waals surface area (Å²) in [6, 6.07) is 16.2. The highest BCUT2D eigenvalue weighted by Gasteiger charge is 2.36. The van der Waals surface area contributed by atoms with Crippen molar-refractivity contribution in [3.8, 4) is 5.69 Å². The quantitative estimate of drug-likeness (QED) is 0.290. The Balaban J connectivity index is 1.10. The zero-order chi connectivity index (χ0) is 29.7. The van der Waals surface area contributed by atoms with Crippen LogP contribution in [0.15, 0.2) is 60.9 Å². The highest BCUT2D eigenvalue weighted by atomic mass is 16.5. The van der Waals surface area contributed by atoms with Gasteiger partial charge in [0.2, 0.25) is 5.82 Å². The van der Waals surface area contributed by atoms with E-state index in [0.717, 1.165) is 36.5 Å². The molecule has 1 saturated heterocycles. The number of carbonyl (C=O) groups is 2. The maximum atomic E-state index is 13.6. The molecule has 218 valence electrons.